The van der Waals surface area contributed by atoms with Gasteiger partial charge in [0.05, 0.1) is 0 Å². The molecule has 1 nitrogen and oxygen atoms in total. The zero-order chi connectivity index (χ0) is 15.4. The molecule has 0 atom stereocenters. The molecule has 0 spiro atoms. The van der Waals surface area contributed by atoms with Gasteiger partial charge in [0.2, 0.25) is 0 Å². The van der Waals surface area contributed by atoms with Crippen LogP contribution in [0.5, 0.6) is 0 Å². The van der Waals surface area contributed by atoms with Crippen molar-refractivity contribution in [3.05, 3.63) is 34.9 Å². The van der Waals surface area contributed by atoms with E-state index in [9.17, 15) is 0 Å². The van der Waals surface area contributed by atoms with Gasteiger partial charge in [-0.05, 0) is 77.0 Å². The molecule has 1 aromatic carbocycles. The molecule has 1 N–H and O–H groups in total. The molecule has 0 radical (unpaired) electrons. The second kappa shape index (κ2) is 6.76. The third-order valence-corrected chi connectivity index (χ3v) is 4.03. The van der Waals surface area contributed by atoms with Crippen LogP contribution in [0.2, 0.25) is 0 Å². The van der Waals surface area contributed by atoms with Gasteiger partial charge in [0.15, 0.2) is 0 Å². The van der Waals surface area contributed by atoms with Crippen molar-refractivity contribution in [3.8, 4) is 0 Å². The van der Waals surface area contributed by atoms with E-state index in [2.05, 4.69) is 72.0 Å². The molecule has 0 saturated carbocycles. The third kappa shape index (κ3) is 6.56. The molecule has 0 amide bonds. The van der Waals surface area contributed by atoms with E-state index < -0.39 is 0 Å². The van der Waals surface area contributed by atoms with E-state index in [1.54, 1.807) is 0 Å². The first-order valence-electron chi connectivity index (χ1n) is 7.90. The number of hydrogen-bond donors (Lipinski definition) is 1. The monoisotopic (exact) mass is 275 g/mol. The van der Waals surface area contributed by atoms with Gasteiger partial charge in [0, 0.05) is 5.54 Å². The first-order chi connectivity index (χ1) is 9.09. The van der Waals surface area contributed by atoms with Crippen molar-refractivity contribution in [2.45, 2.75) is 73.3 Å². The fourth-order valence-electron chi connectivity index (χ4n) is 2.50. The van der Waals surface area contributed by atoms with E-state index in [0.717, 1.165) is 6.54 Å². The van der Waals surface area contributed by atoms with Gasteiger partial charge in [-0.1, -0.05) is 37.6 Å². The molecule has 0 aliphatic carbocycles. The predicted molar refractivity (Wildman–Crippen MR) is 90.4 cm³/mol. The molecule has 0 bridgehead atoms. The zero-order valence-corrected chi connectivity index (χ0v) is 14.6. The Balaban J connectivity index is 2.46. The highest BCUT2D eigenvalue weighted by Crippen LogP contribution is 2.27. The van der Waals surface area contributed by atoms with Gasteiger partial charge in [0.1, 0.15) is 0 Å². The lowest BCUT2D eigenvalue weighted by atomic mass is 9.82. The van der Waals surface area contributed by atoms with Crippen molar-refractivity contribution in [2.24, 2.45) is 5.41 Å². The maximum atomic E-state index is 3.60. The summed E-state index contributed by atoms with van der Waals surface area (Å²) in [6, 6.07) is 6.83. The Hall–Kier alpha value is -0.820. The number of nitrogens with one attached hydrogen (secondary N) is 1. The molecule has 0 saturated heterocycles. The number of rotatable bonds is 6. The van der Waals surface area contributed by atoms with Gasteiger partial charge < -0.3 is 5.32 Å². The quantitative estimate of drug-likeness (QED) is 0.767. The Morgan fingerprint density at radius 3 is 2.15 bits per heavy atom. The van der Waals surface area contributed by atoms with Crippen molar-refractivity contribution in [1.82, 2.24) is 5.32 Å². The molecule has 0 aromatic heterocycles. The molecular weight excluding hydrogens is 242 g/mol. The molecular formula is C19H33N. The van der Waals surface area contributed by atoms with Crippen LogP contribution in [0.3, 0.4) is 0 Å². The van der Waals surface area contributed by atoms with Crippen LogP contribution in [0.15, 0.2) is 18.2 Å². The molecule has 0 aliphatic heterocycles. The van der Waals surface area contributed by atoms with Crippen molar-refractivity contribution < 1.29 is 0 Å². The summed E-state index contributed by atoms with van der Waals surface area (Å²) in [7, 11) is 0. The summed E-state index contributed by atoms with van der Waals surface area (Å²) in [4.78, 5) is 0. The van der Waals surface area contributed by atoms with E-state index in [-0.39, 0.29) is 5.54 Å². The van der Waals surface area contributed by atoms with Crippen LogP contribution in [0.4, 0.5) is 0 Å². The Morgan fingerprint density at radius 1 is 0.950 bits per heavy atom. The largest absolute Gasteiger partial charge is 0.312 e. The van der Waals surface area contributed by atoms with Gasteiger partial charge in [0.25, 0.3) is 0 Å². The molecule has 0 heterocycles. The van der Waals surface area contributed by atoms with Gasteiger partial charge >= 0.3 is 0 Å². The summed E-state index contributed by atoms with van der Waals surface area (Å²) in [5.41, 5.74) is 4.93. The molecule has 0 unspecified atom stereocenters. The zero-order valence-electron chi connectivity index (χ0n) is 14.6. The van der Waals surface area contributed by atoms with Crippen molar-refractivity contribution in [3.63, 3.8) is 0 Å². The van der Waals surface area contributed by atoms with E-state index >= 15 is 0 Å². The normalized spacial score (nSPS) is 12.8. The minimum absolute atomic E-state index is 0.226. The summed E-state index contributed by atoms with van der Waals surface area (Å²) in [6.07, 6.45) is 3.67. The van der Waals surface area contributed by atoms with Crippen molar-refractivity contribution >= 4 is 0 Å². The van der Waals surface area contributed by atoms with E-state index in [0.29, 0.717) is 5.41 Å². The highest BCUT2D eigenvalue weighted by Gasteiger charge is 2.19. The average Bonchev–Trinajstić information content (AvgIpc) is 2.25. The number of aryl methyl sites for hydroxylation is 3. The van der Waals surface area contributed by atoms with Crippen molar-refractivity contribution in [1.29, 1.82) is 0 Å². The van der Waals surface area contributed by atoms with Crippen LogP contribution in [0.25, 0.3) is 0 Å². The molecule has 0 fully saturated rings. The Kier molecular flexibility index (Phi) is 5.82. The fraction of sp³-hybridized carbons (Fsp3) is 0.684. The SMILES string of the molecule is Cc1ccc(CCC(C)(C)CCNC(C)(C)C)c(C)c1. The van der Waals surface area contributed by atoms with Crippen LogP contribution in [0.1, 0.15) is 64.2 Å². The number of hydrogen-bond acceptors (Lipinski definition) is 1. The molecule has 1 heteroatoms. The van der Waals surface area contributed by atoms with Crippen LogP contribution >= 0.6 is 0 Å². The summed E-state index contributed by atoms with van der Waals surface area (Å²) >= 11 is 0. The second-order valence-electron chi connectivity index (χ2n) is 8.02. The molecule has 0 aliphatic rings. The van der Waals surface area contributed by atoms with E-state index in [1.807, 2.05) is 0 Å². The summed E-state index contributed by atoms with van der Waals surface area (Å²) < 4.78 is 0. The molecule has 1 rings (SSSR count). The van der Waals surface area contributed by atoms with Crippen LogP contribution in [-0.4, -0.2) is 12.1 Å². The van der Waals surface area contributed by atoms with Crippen LogP contribution < -0.4 is 5.32 Å². The lowest BCUT2D eigenvalue weighted by Gasteiger charge is -2.28. The number of benzene rings is 1. The maximum Gasteiger partial charge on any atom is 0.00965 e. The highest BCUT2D eigenvalue weighted by atomic mass is 14.9. The minimum Gasteiger partial charge on any atom is -0.312 e. The lowest BCUT2D eigenvalue weighted by Crippen LogP contribution is -2.38. The Morgan fingerprint density at radius 2 is 1.60 bits per heavy atom. The smallest absolute Gasteiger partial charge is 0.00965 e. The Bertz CT molecular complexity index is 424. The first kappa shape index (κ1) is 17.2. The molecule has 1 aromatic rings. The van der Waals surface area contributed by atoms with Gasteiger partial charge in [-0.25, -0.2) is 0 Å². The molecule has 20 heavy (non-hydrogen) atoms. The summed E-state index contributed by atoms with van der Waals surface area (Å²) in [5, 5.41) is 3.60. The Labute approximate surface area is 126 Å². The predicted octanol–water partition coefficient (Wildman–Crippen LogP) is 5.04. The highest BCUT2D eigenvalue weighted by molar-refractivity contribution is 5.30. The van der Waals surface area contributed by atoms with Gasteiger partial charge in [-0.3, -0.25) is 0 Å². The minimum atomic E-state index is 0.226. The van der Waals surface area contributed by atoms with Crippen LogP contribution in [-0.2, 0) is 6.42 Å². The topological polar surface area (TPSA) is 12.0 Å². The van der Waals surface area contributed by atoms with Gasteiger partial charge in [-0.2, -0.15) is 0 Å². The lowest BCUT2D eigenvalue weighted by molar-refractivity contribution is 0.284. The first-order valence-corrected chi connectivity index (χ1v) is 7.90. The van der Waals surface area contributed by atoms with Gasteiger partial charge in [-0.15, -0.1) is 0 Å². The summed E-state index contributed by atoms with van der Waals surface area (Å²) in [6.45, 7) is 17.0. The third-order valence-electron chi connectivity index (χ3n) is 4.03. The van der Waals surface area contributed by atoms with Crippen LogP contribution in [0, 0.1) is 19.3 Å². The van der Waals surface area contributed by atoms with Crippen molar-refractivity contribution in [2.75, 3.05) is 6.54 Å². The standard InChI is InChI=1S/C19H33N/c1-15-8-9-17(16(2)14-15)10-11-19(6,7)12-13-20-18(3,4)5/h8-9,14,20H,10-13H2,1-7H3. The fourth-order valence-corrected chi connectivity index (χ4v) is 2.50. The average molecular weight is 275 g/mol. The summed E-state index contributed by atoms with van der Waals surface area (Å²) in [5.74, 6) is 0. The second-order valence-corrected chi connectivity index (χ2v) is 8.02. The molecule has 114 valence electrons. The van der Waals surface area contributed by atoms with E-state index in [1.165, 1.54) is 36.0 Å². The maximum absolute atomic E-state index is 3.60. The van der Waals surface area contributed by atoms with E-state index in [4.69, 9.17) is 0 Å².